The van der Waals surface area contributed by atoms with E-state index in [1.54, 1.807) is 23.0 Å². The smallest absolute Gasteiger partial charge is 0.335 e. The summed E-state index contributed by atoms with van der Waals surface area (Å²) in [5, 5.41) is 16.1. The fraction of sp³-hybridized carbons (Fsp3) is 0.312. The van der Waals surface area contributed by atoms with E-state index in [0.29, 0.717) is 17.8 Å². The van der Waals surface area contributed by atoms with Crippen LogP contribution < -0.4 is 5.32 Å². The van der Waals surface area contributed by atoms with Crippen LogP contribution in [0.1, 0.15) is 53.1 Å². The first-order chi connectivity index (χ1) is 10.4. The molecule has 0 spiro atoms. The molecule has 0 saturated carbocycles. The molecule has 6 nitrogen and oxygen atoms in total. The fourth-order valence-corrected chi connectivity index (χ4v) is 2.13. The Kier molecular flexibility index (Phi) is 4.60. The monoisotopic (exact) mass is 301 g/mol. The summed E-state index contributed by atoms with van der Waals surface area (Å²) >= 11 is 0. The van der Waals surface area contributed by atoms with Gasteiger partial charge in [-0.2, -0.15) is 5.10 Å². The minimum absolute atomic E-state index is 0.124. The molecule has 2 N–H and O–H groups in total. The van der Waals surface area contributed by atoms with Gasteiger partial charge in [-0.3, -0.25) is 9.48 Å². The van der Waals surface area contributed by atoms with Crippen molar-refractivity contribution >= 4 is 17.6 Å². The van der Waals surface area contributed by atoms with Crippen molar-refractivity contribution in [2.24, 2.45) is 0 Å². The second-order valence-corrected chi connectivity index (χ2v) is 5.28. The first kappa shape index (κ1) is 15.8. The molecular weight excluding hydrogens is 282 g/mol. The number of rotatable bonds is 5. The van der Waals surface area contributed by atoms with Gasteiger partial charge in [0.2, 0.25) is 0 Å². The number of anilines is 1. The SMILES string of the molecule is CCn1cc(C(=O)Nc2cccc(C(=O)O)c2)c(C(C)C)n1. The zero-order chi connectivity index (χ0) is 16.3. The number of carboxylic acid groups (broad SMARTS) is 1. The minimum atomic E-state index is -1.03. The van der Waals surface area contributed by atoms with Crippen LogP contribution in [-0.2, 0) is 6.54 Å². The molecule has 1 aromatic heterocycles. The van der Waals surface area contributed by atoms with Gasteiger partial charge in [-0.25, -0.2) is 4.79 Å². The van der Waals surface area contributed by atoms with Crippen molar-refractivity contribution in [3.8, 4) is 0 Å². The Morgan fingerprint density at radius 3 is 2.68 bits per heavy atom. The van der Waals surface area contributed by atoms with Crippen LogP contribution in [0.15, 0.2) is 30.5 Å². The average Bonchev–Trinajstić information content (AvgIpc) is 2.92. The summed E-state index contributed by atoms with van der Waals surface area (Å²) < 4.78 is 1.72. The van der Waals surface area contributed by atoms with Crippen molar-refractivity contribution in [2.75, 3.05) is 5.32 Å². The van der Waals surface area contributed by atoms with Crippen LogP contribution in [0.4, 0.5) is 5.69 Å². The maximum absolute atomic E-state index is 12.4. The largest absolute Gasteiger partial charge is 0.478 e. The number of carbonyl (C=O) groups excluding carboxylic acids is 1. The number of carbonyl (C=O) groups is 2. The van der Waals surface area contributed by atoms with Crippen LogP contribution >= 0.6 is 0 Å². The highest BCUT2D eigenvalue weighted by Crippen LogP contribution is 2.19. The van der Waals surface area contributed by atoms with E-state index in [2.05, 4.69) is 10.4 Å². The van der Waals surface area contributed by atoms with Gasteiger partial charge in [-0.05, 0) is 31.0 Å². The molecule has 0 aliphatic carbocycles. The Balaban J connectivity index is 2.27. The van der Waals surface area contributed by atoms with E-state index in [4.69, 9.17) is 5.11 Å². The molecular formula is C16H19N3O3. The number of nitrogens with zero attached hydrogens (tertiary/aromatic N) is 2. The number of amides is 1. The predicted octanol–water partition coefficient (Wildman–Crippen LogP) is 2.98. The van der Waals surface area contributed by atoms with E-state index in [0.717, 1.165) is 5.69 Å². The number of benzene rings is 1. The number of aryl methyl sites for hydroxylation is 1. The molecule has 0 aliphatic heterocycles. The van der Waals surface area contributed by atoms with Crippen LogP contribution in [0.25, 0.3) is 0 Å². The summed E-state index contributed by atoms with van der Waals surface area (Å²) in [6.45, 7) is 6.59. The third-order valence-corrected chi connectivity index (χ3v) is 3.27. The topological polar surface area (TPSA) is 84.2 Å². The molecule has 6 heteroatoms. The number of hydrogen-bond donors (Lipinski definition) is 2. The molecule has 0 unspecified atom stereocenters. The Morgan fingerprint density at radius 2 is 2.09 bits per heavy atom. The number of hydrogen-bond acceptors (Lipinski definition) is 3. The van der Waals surface area contributed by atoms with E-state index in [-0.39, 0.29) is 17.4 Å². The zero-order valence-corrected chi connectivity index (χ0v) is 12.8. The van der Waals surface area contributed by atoms with Gasteiger partial charge in [0.15, 0.2) is 0 Å². The lowest BCUT2D eigenvalue weighted by Crippen LogP contribution is -2.14. The molecule has 1 amide bonds. The van der Waals surface area contributed by atoms with E-state index in [9.17, 15) is 9.59 Å². The van der Waals surface area contributed by atoms with E-state index < -0.39 is 5.97 Å². The number of nitrogens with one attached hydrogen (secondary N) is 1. The Morgan fingerprint density at radius 1 is 1.36 bits per heavy atom. The number of aromatic nitrogens is 2. The summed E-state index contributed by atoms with van der Waals surface area (Å²) in [6, 6.07) is 6.16. The van der Waals surface area contributed by atoms with Gasteiger partial charge in [-0.1, -0.05) is 19.9 Å². The third-order valence-electron chi connectivity index (χ3n) is 3.27. The summed E-state index contributed by atoms with van der Waals surface area (Å²) in [6.07, 6.45) is 1.71. The highest BCUT2D eigenvalue weighted by Gasteiger charge is 2.18. The normalized spacial score (nSPS) is 10.7. The highest BCUT2D eigenvalue weighted by atomic mass is 16.4. The summed E-state index contributed by atoms with van der Waals surface area (Å²) in [5.74, 6) is -1.19. The number of aromatic carboxylic acids is 1. The lowest BCUT2D eigenvalue weighted by atomic mass is 10.1. The van der Waals surface area contributed by atoms with Crippen LogP contribution in [0.5, 0.6) is 0 Å². The van der Waals surface area contributed by atoms with E-state index in [1.807, 2.05) is 20.8 Å². The van der Waals surface area contributed by atoms with Crippen molar-refractivity contribution in [2.45, 2.75) is 33.2 Å². The molecule has 116 valence electrons. The minimum Gasteiger partial charge on any atom is -0.478 e. The van der Waals surface area contributed by atoms with E-state index in [1.165, 1.54) is 12.1 Å². The quantitative estimate of drug-likeness (QED) is 0.889. The van der Waals surface area contributed by atoms with Crippen LogP contribution in [0.3, 0.4) is 0 Å². The Bertz CT molecular complexity index is 704. The Hall–Kier alpha value is -2.63. The van der Waals surface area contributed by atoms with Gasteiger partial charge in [0.05, 0.1) is 16.8 Å². The van der Waals surface area contributed by atoms with Crippen molar-refractivity contribution in [3.63, 3.8) is 0 Å². The van der Waals surface area contributed by atoms with Gasteiger partial charge in [0, 0.05) is 18.4 Å². The maximum Gasteiger partial charge on any atom is 0.335 e. The first-order valence-electron chi connectivity index (χ1n) is 7.14. The van der Waals surface area contributed by atoms with Gasteiger partial charge in [0.25, 0.3) is 5.91 Å². The summed E-state index contributed by atoms with van der Waals surface area (Å²) in [5.41, 5.74) is 1.82. The molecule has 1 heterocycles. The van der Waals surface area contributed by atoms with Gasteiger partial charge < -0.3 is 10.4 Å². The summed E-state index contributed by atoms with van der Waals surface area (Å²) in [7, 11) is 0. The second-order valence-electron chi connectivity index (χ2n) is 5.28. The van der Waals surface area contributed by atoms with Crippen LogP contribution in [0.2, 0.25) is 0 Å². The molecule has 2 aromatic rings. The second kappa shape index (κ2) is 6.43. The molecule has 0 atom stereocenters. The molecule has 0 radical (unpaired) electrons. The predicted molar refractivity (Wildman–Crippen MR) is 83.3 cm³/mol. The highest BCUT2D eigenvalue weighted by molar-refractivity contribution is 6.05. The molecule has 2 rings (SSSR count). The van der Waals surface area contributed by atoms with Crippen molar-refractivity contribution in [1.82, 2.24) is 9.78 Å². The maximum atomic E-state index is 12.4. The lowest BCUT2D eigenvalue weighted by Gasteiger charge is -2.07. The van der Waals surface area contributed by atoms with Gasteiger partial charge in [0.1, 0.15) is 0 Å². The van der Waals surface area contributed by atoms with Crippen molar-refractivity contribution < 1.29 is 14.7 Å². The first-order valence-corrected chi connectivity index (χ1v) is 7.14. The third kappa shape index (κ3) is 3.33. The standard InChI is InChI=1S/C16H19N3O3/c1-4-19-9-13(14(18-19)10(2)3)15(20)17-12-7-5-6-11(8-12)16(21)22/h5-10H,4H2,1-3H3,(H,17,20)(H,21,22). The molecule has 0 fully saturated rings. The van der Waals surface area contributed by atoms with Crippen LogP contribution in [0, 0.1) is 0 Å². The summed E-state index contributed by atoms with van der Waals surface area (Å²) in [4.78, 5) is 23.4. The molecule has 1 aromatic carbocycles. The van der Waals surface area contributed by atoms with Gasteiger partial charge in [-0.15, -0.1) is 0 Å². The molecule has 0 bridgehead atoms. The fourth-order valence-electron chi connectivity index (χ4n) is 2.13. The average molecular weight is 301 g/mol. The molecule has 22 heavy (non-hydrogen) atoms. The van der Waals surface area contributed by atoms with Gasteiger partial charge >= 0.3 is 5.97 Å². The lowest BCUT2D eigenvalue weighted by molar-refractivity contribution is 0.0696. The molecule has 0 aliphatic rings. The van der Waals surface area contributed by atoms with E-state index >= 15 is 0 Å². The van der Waals surface area contributed by atoms with Crippen molar-refractivity contribution in [1.29, 1.82) is 0 Å². The molecule has 0 saturated heterocycles. The van der Waals surface area contributed by atoms with Crippen molar-refractivity contribution in [3.05, 3.63) is 47.3 Å². The Labute approximate surface area is 128 Å². The zero-order valence-electron chi connectivity index (χ0n) is 12.8. The number of carboxylic acids is 1. The van der Waals surface area contributed by atoms with Crippen LogP contribution in [-0.4, -0.2) is 26.8 Å².